The molecule has 0 saturated carbocycles. The lowest BCUT2D eigenvalue weighted by molar-refractivity contribution is 0.616. The van der Waals surface area contributed by atoms with E-state index in [2.05, 4.69) is 0 Å². The number of rotatable bonds is 2. The minimum absolute atomic E-state index is 0. The molecule has 5 heteroatoms. The van der Waals surface area contributed by atoms with Gasteiger partial charge in [0, 0.05) is 11.1 Å². The summed E-state index contributed by atoms with van der Waals surface area (Å²) in [6, 6.07) is 13.0. The van der Waals surface area contributed by atoms with Crippen LogP contribution in [-0.2, 0) is 11.8 Å². The Balaban J connectivity index is 0.000000324. The Labute approximate surface area is 121 Å². The van der Waals surface area contributed by atoms with Crippen molar-refractivity contribution in [2.45, 2.75) is 11.8 Å². The first-order chi connectivity index (χ1) is 8.69. The molecule has 19 heavy (non-hydrogen) atoms. The summed E-state index contributed by atoms with van der Waals surface area (Å²) in [5.41, 5.74) is 1.11. The fourth-order valence-electron chi connectivity index (χ4n) is 1.21. The molecule has 0 heterocycles. The molecule has 0 aliphatic carbocycles. The summed E-state index contributed by atoms with van der Waals surface area (Å²) >= 11 is 10.8. The Morgan fingerprint density at radius 1 is 0.684 bits per heavy atom. The van der Waals surface area contributed by atoms with Gasteiger partial charge in [-0.25, -0.2) is 8.78 Å². The smallest absolute Gasteiger partial charge is 0.127 e. The van der Waals surface area contributed by atoms with Crippen molar-refractivity contribution in [2.75, 3.05) is 0 Å². The van der Waals surface area contributed by atoms with Crippen LogP contribution in [0.1, 0.15) is 11.1 Å². The molecule has 0 bridgehead atoms. The van der Waals surface area contributed by atoms with Crippen molar-refractivity contribution in [3.05, 3.63) is 71.3 Å². The van der Waals surface area contributed by atoms with Crippen LogP contribution < -0.4 is 0 Å². The molecule has 0 fully saturated rings. The number of hydrogen-bond acceptors (Lipinski definition) is 0. The largest absolute Gasteiger partial charge is 0.412 e. The zero-order valence-electron chi connectivity index (χ0n) is 10.0. The van der Waals surface area contributed by atoms with Crippen LogP contribution >= 0.6 is 23.2 Å². The van der Waals surface area contributed by atoms with E-state index >= 15 is 0 Å². The van der Waals surface area contributed by atoms with E-state index in [1.54, 1.807) is 36.4 Å². The van der Waals surface area contributed by atoms with Gasteiger partial charge in [0.05, 0.1) is 11.8 Å². The quantitative estimate of drug-likeness (QED) is 0.741. The van der Waals surface area contributed by atoms with Gasteiger partial charge in [0.15, 0.2) is 0 Å². The highest BCUT2D eigenvalue weighted by Crippen LogP contribution is 2.08. The molecule has 0 amide bonds. The zero-order chi connectivity index (χ0) is 13.4. The van der Waals surface area contributed by atoms with Crippen molar-refractivity contribution in [2.24, 2.45) is 0 Å². The average Bonchev–Trinajstić information content (AvgIpc) is 2.41. The van der Waals surface area contributed by atoms with Gasteiger partial charge in [-0.2, -0.15) is 0 Å². The molecule has 0 aliphatic rings. The van der Waals surface area contributed by atoms with Crippen molar-refractivity contribution in [3.63, 3.8) is 0 Å². The molecule has 0 aliphatic heterocycles. The molecular formula is C14H14Cl2F2O. The summed E-state index contributed by atoms with van der Waals surface area (Å²) in [7, 11) is 0. The van der Waals surface area contributed by atoms with Crippen molar-refractivity contribution >= 4 is 23.2 Å². The van der Waals surface area contributed by atoms with Crippen molar-refractivity contribution in [3.8, 4) is 0 Å². The normalized spacial score (nSPS) is 9.05. The second-order valence-corrected chi connectivity index (χ2v) is 3.98. The lowest BCUT2D eigenvalue weighted by atomic mass is 10.2. The maximum absolute atomic E-state index is 12.5. The molecular weight excluding hydrogens is 293 g/mol. The third-order valence-corrected chi connectivity index (χ3v) is 2.78. The summed E-state index contributed by atoms with van der Waals surface area (Å²) in [6.07, 6.45) is 0. The van der Waals surface area contributed by atoms with Crippen molar-refractivity contribution in [1.29, 1.82) is 0 Å². The average molecular weight is 307 g/mol. The van der Waals surface area contributed by atoms with Gasteiger partial charge in [0.25, 0.3) is 0 Å². The van der Waals surface area contributed by atoms with Gasteiger partial charge in [-0.3, -0.25) is 0 Å². The van der Waals surface area contributed by atoms with Crippen molar-refractivity contribution in [1.82, 2.24) is 0 Å². The van der Waals surface area contributed by atoms with Crippen molar-refractivity contribution < 1.29 is 14.3 Å². The predicted octanol–water partition coefficient (Wildman–Crippen LogP) is 4.30. The molecule has 2 rings (SSSR count). The van der Waals surface area contributed by atoms with E-state index in [1.807, 2.05) is 0 Å². The molecule has 1 nitrogen and oxygen atoms in total. The Morgan fingerprint density at radius 3 is 1.21 bits per heavy atom. The molecule has 104 valence electrons. The second-order valence-electron chi connectivity index (χ2n) is 3.45. The van der Waals surface area contributed by atoms with E-state index in [9.17, 15) is 8.78 Å². The van der Waals surface area contributed by atoms with Gasteiger partial charge >= 0.3 is 0 Å². The molecule has 0 spiro atoms. The number of benzene rings is 2. The molecule has 0 aromatic heterocycles. The first kappa shape index (κ1) is 17.8. The van der Waals surface area contributed by atoms with Gasteiger partial charge in [-0.15, -0.1) is 23.2 Å². The van der Waals surface area contributed by atoms with Crippen LogP contribution in [0.25, 0.3) is 0 Å². The van der Waals surface area contributed by atoms with E-state index in [0.29, 0.717) is 11.1 Å². The lowest BCUT2D eigenvalue weighted by Crippen LogP contribution is -1.82. The summed E-state index contributed by atoms with van der Waals surface area (Å²) < 4.78 is 25.0. The summed E-state index contributed by atoms with van der Waals surface area (Å²) in [5, 5.41) is 0. The van der Waals surface area contributed by atoms with Crippen LogP contribution in [-0.4, -0.2) is 5.48 Å². The first-order valence-corrected chi connectivity index (χ1v) is 6.34. The summed E-state index contributed by atoms with van der Waals surface area (Å²) in [6.45, 7) is 0. The van der Waals surface area contributed by atoms with Gasteiger partial charge < -0.3 is 5.48 Å². The fraction of sp³-hybridized carbons (Fsp3) is 0.143. The van der Waals surface area contributed by atoms with Crippen LogP contribution in [0.5, 0.6) is 0 Å². The SMILES string of the molecule is Fc1ccccc1CCl.Fc1ccccc1CCl.O. The van der Waals surface area contributed by atoms with E-state index < -0.39 is 0 Å². The highest BCUT2D eigenvalue weighted by Gasteiger charge is 1.95. The van der Waals surface area contributed by atoms with E-state index in [-0.39, 0.29) is 28.9 Å². The Bertz CT molecular complexity index is 447. The minimum Gasteiger partial charge on any atom is -0.412 e. The highest BCUT2D eigenvalue weighted by molar-refractivity contribution is 6.17. The molecule has 2 aromatic carbocycles. The molecule has 0 saturated heterocycles. The third kappa shape index (κ3) is 6.01. The topological polar surface area (TPSA) is 31.5 Å². The molecule has 0 radical (unpaired) electrons. The standard InChI is InChI=1S/2C7H6ClF.H2O/c2*8-5-6-3-1-2-4-7(6)9;/h2*1-4H,5H2;1H2. The van der Waals surface area contributed by atoms with Gasteiger partial charge in [-0.05, 0) is 12.1 Å². The van der Waals surface area contributed by atoms with E-state index in [4.69, 9.17) is 23.2 Å². The molecule has 0 atom stereocenters. The number of alkyl halides is 2. The monoisotopic (exact) mass is 306 g/mol. The van der Waals surface area contributed by atoms with Crippen LogP contribution in [0, 0.1) is 11.6 Å². The molecule has 2 N–H and O–H groups in total. The fourth-order valence-corrected chi connectivity index (χ4v) is 1.65. The van der Waals surface area contributed by atoms with Gasteiger partial charge in [-0.1, -0.05) is 36.4 Å². The van der Waals surface area contributed by atoms with E-state index in [1.165, 1.54) is 12.1 Å². The zero-order valence-corrected chi connectivity index (χ0v) is 11.6. The third-order valence-electron chi connectivity index (χ3n) is 2.20. The molecule has 2 aromatic rings. The first-order valence-electron chi connectivity index (χ1n) is 5.27. The van der Waals surface area contributed by atoms with Crippen LogP contribution in [0.15, 0.2) is 48.5 Å². The summed E-state index contributed by atoms with van der Waals surface area (Å²) in [4.78, 5) is 0. The lowest BCUT2D eigenvalue weighted by Gasteiger charge is -1.93. The Kier molecular flexibility index (Phi) is 9.13. The summed E-state index contributed by atoms with van der Waals surface area (Å²) in [5.74, 6) is 0.0271. The maximum atomic E-state index is 12.5. The number of halogens is 4. The highest BCUT2D eigenvalue weighted by atomic mass is 35.5. The number of hydrogen-bond donors (Lipinski definition) is 0. The van der Waals surface area contributed by atoms with E-state index in [0.717, 1.165) is 0 Å². The predicted molar refractivity (Wildman–Crippen MR) is 75.5 cm³/mol. The van der Waals surface area contributed by atoms with Crippen LogP contribution in [0.2, 0.25) is 0 Å². The second kappa shape index (κ2) is 9.73. The molecule has 0 unspecified atom stereocenters. The van der Waals surface area contributed by atoms with Crippen LogP contribution in [0.4, 0.5) is 8.78 Å². The minimum atomic E-state index is -0.229. The van der Waals surface area contributed by atoms with Gasteiger partial charge in [0.2, 0.25) is 0 Å². The Morgan fingerprint density at radius 2 is 1.00 bits per heavy atom. The maximum Gasteiger partial charge on any atom is 0.127 e. The van der Waals surface area contributed by atoms with Gasteiger partial charge in [0.1, 0.15) is 11.6 Å². The van der Waals surface area contributed by atoms with Crippen LogP contribution in [0.3, 0.4) is 0 Å². The Hall–Kier alpha value is -1.16.